The van der Waals surface area contributed by atoms with Crippen molar-refractivity contribution in [2.24, 2.45) is 5.14 Å². The van der Waals surface area contributed by atoms with E-state index in [1.54, 1.807) is 25.1 Å². The topological polar surface area (TPSA) is 109 Å². The lowest BCUT2D eigenvalue weighted by Crippen LogP contribution is -2.18. The molecule has 0 bridgehead atoms. The molecule has 2 rings (SSSR count). The van der Waals surface area contributed by atoms with Crippen molar-refractivity contribution >= 4 is 10.0 Å². The van der Waals surface area contributed by atoms with Crippen LogP contribution in [0, 0.1) is 0 Å². The van der Waals surface area contributed by atoms with Gasteiger partial charge in [-0.2, -0.15) is 0 Å². The number of benzene rings is 1. The smallest absolute Gasteiger partial charge is 0.273 e. The quantitative estimate of drug-likeness (QED) is 0.867. The molecule has 2 N–H and O–H groups in total. The molecule has 21 heavy (non-hydrogen) atoms. The second-order valence-electron chi connectivity index (χ2n) is 4.20. The van der Waals surface area contributed by atoms with Crippen LogP contribution < -0.4 is 14.6 Å². The molecule has 9 heteroatoms. The lowest BCUT2D eigenvalue weighted by molar-refractivity contribution is 0.394. The third kappa shape index (κ3) is 2.98. The largest absolute Gasteiger partial charge is 0.497 e. The molecule has 0 saturated carbocycles. The van der Waals surface area contributed by atoms with Gasteiger partial charge in [0.15, 0.2) is 5.82 Å². The Morgan fingerprint density at radius 1 is 1.14 bits per heavy atom. The number of hydrogen-bond acceptors (Lipinski definition) is 6. The Morgan fingerprint density at radius 3 is 2.14 bits per heavy atom. The zero-order valence-corrected chi connectivity index (χ0v) is 12.7. The highest BCUT2D eigenvalue weighted by molar-refractivity contribution is 7.89. The van der Waals surface area contributed by atoms with E-state index in [4.69, 9.17) is 14.6 Å². The number of primary sulfonamides is 1. The molecule has 0 unspecified atom stereocenters. The fourth-order valence-corrected chi connectivity index (χ4v) is 2.61. The van der Waals surface area contributed by atoms with Gasteiger partial charge < -0.3 is 9.47 Å². The summed E-state index contributed by atoms with van der Waals surface area (Å²) in [7, 11) is -0.884. The first kappa shape index (κ1) is 15.3. The van der Waals surface area contributed by atoms with Gasteiger partial charge in [0, 0.05) is 18.2 Å². The highest BCUT2D eigenvalue weighted by atomic mass is 32.2. The Kier molecular flexibility index (Phi) is 4.14. The molecule has 1 aromatic carbocycles. The van der Waals surface area contributed by atoms with E-state index >= 15 is 0 Å². The van der Waals surface area contributed by atoms with E-state index in [0.717, 1.165) is 0 Å². The van der Waals surface area contributed by atoms with Gasteiger partial charge in [0.05, 0.1) is 14.2 Å². The molecule has 0 atom stereocenters. The average Bonchev–Trinajstić information content (AvgIpc) is 2.90. The molecular weight excluding hydrogens is 296 g/mol. The molecule has 0 radical (unpaired) electrons. The first-order valence-electron chi connectivity index (χ1n) is 6.10. The summed E-state index contributed by atoms with van der Waals surface area (Å²) in [6.07, 6.45) is 0. The second kappa shape index (κ2) is 5.70. The summed E-state index contributed by atoms with van der Waals surface area (Å²) >= 11 is 0. The van der Waals surface area contributed by atoms with Crippen molar-refractivity contribution in [3.8, 4) is 22.9 Å². The third-order valence-electron chi connectivity index (χ3n) is 2.90. The van der Waals surface area contributed by atoms with E-state index in [1.165, 1.54) is 18.8 Å². The van der Waals surface area contributed by atoms with Crippen LogP contribution in [0.3, 0.4) is 0 Å². The molecule has 0 fully saturated rings. The number of hydrogen-bond donors (Lipinski definition) is 1. The third-order valence-corrected chi connectivity index (χ3v) is 3.71. The number of ether oxygens (including phenoxy) is 2. The predicted octanol–water partition coefficient (Wildman–Crippen LogP) is 0.630. The number of nitrogens with zero attached hydrogens (tertiary/aromatic N) is 3. The summed E-state index contributed by atoms with van der Waals surface area (Å²) in [4.78, 5) is 0. The van der Waals surface area contributed by atoms with E-state index < -0.39 is 10.0 Å². The van der Waals surface area contributed by atoms with Crippen LogP contribution in [-0.2, 0) is 16.6 Å². The Labute approximate surface area is 122 Å². The van der Waals surface area contributed by atoms with Gasteiger partial charge in [-0.3, -0.25) is 4.57 Å². The SMILES string of the molecule is CCn1c(-c2cc(OC)cc(OC)c2)nnc1S(N)(=O)=O. The molecule has 0 spiro atoms. The summed E-state index contributed by atoms with van der Waals surface area (Å²) in [6.45, 7) is 2.13. The lowest BCUT2D eigenvalue weighted by atomic mass is 10.2. The zero-order chi connectivity index (χ0) is 15.6. The molecular formula is C12H16N4O4S. The number of methoxy groups -OCH3 is 2. The van der Waals surface area contributed by atoms with Crippen molar-refractivity contribution in [3.05, 3.63) is 18.2 Å². The minimum absolute atomic E-state index is 0.276. The van der Waals surface area contributed by atoms with Crippen LogP contribution in [0.1, 0.15) is 6.92 Å². The van der Waals surface area contributed by atoms with E-state index in [-0.39, 0.29) is 5.16 Å². The maximum Gasteiger partial charge on any atom is 0.273 e. The highest BCUT2D eigenvalue weighted by Crippen LogP contribution is 2.29. The Hall–Kier alpha value is -2.13. The van der Waals surface area contributed by atoms with Gasteiger partial charge >= 0.3 is 0 Å². The predicted molar refractivity (Wildman–Crippen MR) is 75.6 cm³/mol. The summed E-state index contributed by atoms with van der Waals surface area (Å²) in [5.41, 5.74) is 0.621. The molecule has 0 aliphatic heterocycles. The summed E-state index contributed by atoms with van der Waals surface area (Å²) < 4.78 is 34.8. The molecule has 1 aromatic heterocycles. The van der Waals surface area contributed by atoms with E-state index in [1.807, 2.05) is 0 Å². The van der Waals surface area contributed by atoms with Crippen LogP contribution in [0.4, 0.5) is 0 Å². The first-order chi connectivity index (χ1) is 9.90. The van der Waals surface area contributed by atoms with Gasteiger partial charge in [0.25, 0.3) is 15.2 Å². The maximum atomic E-state index is 11.5. The van der Waals surface area contributed by atoms with E-state index in [9.17, 15) is 8.42 Å². The minimum Gasteiger partial charge on any atom is -0.497 e. The number of sulfonamides is 1. The van der Waals surface area contributed by atoms with Crippen molar-refractivity contribution in [2.45, 2.75) is 18.6 Å². The zero-order valence-electron chi connectivity index (χ0n) is 11.9. The van der Waals surface area contributed by atoms with Gasteiger partial charge in [-0.25, -0.2) is 13.6 Å². The van der Waals surface area contributed by atoms with Gasteiger partial charge in [-0.1, -0.05) is 0 Å². The molecule has 1 heterocycles. The normalized spacial score (nSPS) is 11.4. The van der Waals surface area contributed by atoms with Crippen LogP contribution in [0.15, 0.2) is 23.4 Å². The van der Waals surface area contributed by atoms with Gasteiger partial charge in [-0.15, -0.1) is 10.2 Å². The monoisotopic (exact) mass is 312 g/mol. The summed E-state index contributed by atoms with van der Waals surface area (Å²) in [6, 6.07) is 5.13. The second-order valence-corrected chi connectivity index (χ2v) is 5.65. The number of nitrogens with two attached hydrogens (primary N) is 1. The van der Waals surface area contributed by atoms with Crippen molar-refractivity contribution in [3.63, 3.8) is 0 Å². The number of rotatable bonds is 5. The standard InChI is InChI=1S/C12H16N4O4S/c1-4-16-11(14-15-12(16)21(13,17)18)8-5-9(19-2)7-10(6-8)20-3/h5-7H,4H2,1-3H3,(H2,13,17,18). The van der Waals surface area contributed by atoms with Crippen molar-refractivity contribution in [2.75, 3.05) is 14.2 Å². The van der Waals surface area contributed by atoms with Gasteiger partial charge in [-0.05, 0) is 19.1 Å². The average molecular weight is 312 g/mol. The Balaban J connectivity index is 2.65. The van der Waals surface area contributed by atoms with Gasteiger partial charge in [0.2, 0.25) is 0 Å². The van der Waals surface area contributed by atoms with Crippen LogP contribution in [0.25, 0.3) is 11.4 Å². The first-order valence-corrected chi connectivity index (χ1v) is 7.64. The molecule has 114 valence electrons. The minimum atomic E-state index is -3.94. The molecule has 2 aromatic rings. The molecule has 8 nitrogen and oxygen atoms in total. The maximum absolute atomic E-state index is 11.5. The molecule has 0 saturated heterocycles. The van der Waals surface area contributed by atoms with Crippen LogP contribution >= 0.6 is 0 Å². The van der Waals surface area contributed by atoms with Crippen LogP contribution in [0.5, 0.6) is 11.5 Å². The fourth-order valence-electron chi connectivity index (χ4n) is 1.93. The van der Waals surface area contributed by atoms with Crippen LogP contribution in [-0.4, -0.2) is 37.4 Å². The van der Waals surface area contributed by atoms with Crippen molar-refractivity contribution in [1.29, 1.82) is 0 Å². The Bertz CT molecular complexity index is 732. The molecule has 0 aliphatic rings. The van der Waals surface area contributed by atoms with Gasteiger partial charge in [0.1, 0.15) is 11.5 Å². The van der Waals surface area contributed by atoms with E-state index in [0.29, 0.717) is 29.4 Å². The molecule has 0 aliphatic carbocycles. The summed E-state index contributed by atoms with van der Waals surface area (Å²) in [5, 5.41) is 12.4. The molecule has 0 amide bonds. The number of aromatic nitrogens is 3. The van der Waals surface area contributed by atoms with E-state index in [2.05, 4.69) is 10.2 Å². The fraction of sp³-hybridized carbons (Fsp3) is 0.333. The Morgan fingerprint density at radius 2 is 1.71 bits per heavy atom. The summed E-state index contributed by atoms with van der Waals surface area (Å²) in [5.74, 6) is 1.50. The highest BCUT2D eigenvalue weighted by Gasteiger charge is 2.21. The van der Waals surface area contributed by atoms with Crippen molar-refractivity contribution < 1.29 is 17.9 Å². The van der Waals surface area contributed by atoms with Crippen molar-refractivity contribution in [1.82, 2.24) is 14.8 Å². The van der Waals surface area contributed by atoms with Crippen LogP contribution in [0.2, 0.25) is 0 Å². The lowest BCUT2D eigenvalue weighted by Gasteiger charge is -2.09.